The van der Waals surface area contributed by atoms with Crippen molar-refractivity contribution >= 4 is 29.3 Å². The molecule has 0 aromatic carbocycles. The molecule has 1 amide bonds. The number of thioether (sulfide) groups is 1. The number of fused-ring (bicyclic) bond motifs is 1. The molecular weight excluding hydrogens is 342 g/mol. The maximum absolute atomic E-state index is 12.6. The minimum atomic E-state index is -0.724. The SMILES string of the molecule is CSCCC(NC(=O)c1nnc2cc(C)nn2c1C)C(=O)OC(C)C. The van der Waals surface area contributed by atoms with E-state index in [-0.39, 0.29) is 11.8 Å². The number of hydrogen-bond acceptors (Lipinski definition) is 7. The summed E-state index contributed by atoms with van der Waals surface area (Å²) in [5.41, 5.74) is 2.07. The number of esters is 1. The lowest BCUT2D eigenvalue weighted by Gasteiger charge is -2.19. The fourth-order valence-electron chi connectivity index (χ4n) is 2.31. The van der Waals surface area contributed by atoms with Gasteiger partial charge in [-0.25, -0.2) is 9.31 Å². The fourth-order valence-corrected chi connectivity index (χ4v) is 2.78. The molecule has 2 rings (SSSR count). The molecule has 0 bridgehead atoms. The molecule has 0 saturated carbocycles. The van der Waals surface area contributed by atoms with Crippen LogP contribution in [0.1, 0.15) is 42.1 Å². The molecule has 8 nitrogen and oxygen atoms in total. The minimum absolute atomic E-state index is 0.141. The second-order valence-electron chi connectivity index (χ2n) is 5.98. The van der Waals surface area contributed by atoms with E-state index in [0.29, 0.717) is 17.8 Å². The highest BCUT2D eigenvalue weighted by Gasteiger charge is 2.25. The van der Waals surface area contributed by atoms with Crippen molar-refractivity contribution in [3.63, 3.8) is 0 Å². The number of hydrogen-bond donors (Lipinski definition) is 1. The van der Waals surface area contributed by atoms with E-state index < -0.39 is 17.9 Å². The number of nitrogens with zero attached hydrogens (tertiary/aromatic N) is 4. The van der Waals surface area contributed by atoms with Crippen LogP contribution in [0.2, 0.25) is 0 Å². The van der Waals surface area contributed by atoms with Gasteiger partial charge in [0.2, 0.25) is 0 Å². The predicted octanol–water partition coefficient (Wildman–Crippen LogP) is 1.54. The van der Waals surface area contributed by atoms with Crippen molar-refractivity contribution in [3.8, 4) is 0 Å². The molecular formula is C16H23N5O3S. The Labute approximate surface area is 150 Å². The Morgan fingerprint density at radius 3 is 2.68 bits per heavy atom. The van der Waals surface area contributed by atoms with E-state index in [1.807, 2.05) is 13.2 Å². The van der Waals surface area contributed by atoms with Gasteiger partial charge in [0.1, 0.15) is 6.04 Å². The first-order chi connectivity index (χ1) is 11.8. The van der Waals surface area contributed by atoms with Gasteiger partial charge in [-0.15, -0.1) is 10.2 Å². The molecule has 2 aromatic rings. The maximum Gasteiger partial charge on any atom is 0.328 e. The van der Waals surface area contributed by atoms with Crippen molar-refractivity contribution in [2.75, 3.05) is 12.0 Å². The van der Waals surface area contributed by atoms with Crippen LogP contribution >= 0.6 is 11.8 Å². The zero-order valence-electron chi connectivity index (χ0n) is 15.1. The molecule has 9 heteroatoms. The highest BCUT2D eigenvalue weighted by molar-refractivity contribution is 7.98. The first-order valence-corrected chi connectivity index (χ1v) is 9.42. The van der Waals surface area contributed by atoms with E-state index in [1.54, 1.807) is 43.1 Å². The number of carbonyl (C=O) groups is 2. The summed E-state index contributed by atoms with van der Waals surface area (Å²) in [6, 6.07) is 1.06. The molecule has 2 heterocycles. The Hall–Kier alpha value is -2.16. The number of aromatic nitrogens is 4. The zero-order chi connectivity index (χ0) is 18.6. The Morgan fingerprint density at radius 1 is 1.32 bits per heavy atom. The first kappa shape index (κ1) is 19.2. The van der Waals surface area contributed by atoms with Gasteiger partial charge in [0.15, 0.2) is 11.3 Å². The summed E-state index contributed by atoms with van der Waals surface area (Å²) in [4.78, 5) is 24.8. The summed E-state index contributed by atoms with van der Waals surface area (Å²) in [6.45, 7) is 7.13. The van der Waals surface area contributed by atoms with Crippen LogP contribution in [0, 0.1) is 13.8 Å². The van der Waals surface area contributed by atoms with Crippen LogP contribution in [0.5, 0.6) is 0 Å². The van der Waals surface area contributed by atoms with Crippen molar-refractivity contribution in [1.82, 2.24) is 25.1 Å². The zero-order valence-corrected chi connectivity index (χ0v) is 15.9. The number of aryl methyl sites for hydroxylation is 2. The number of rotatable bonds is 7. The molecule has 0 fully saturated rings. The predicted molar refractivity (Wildman–Crippen MR) is 95.7 cm³/mol. The van der Waals surface area contributed by atoms with Gasteiger partial charge in [-0.3, -0.25) is 4.79 Å². The Balaban J connectivity index is 2.22. The van der Waals surface area contributed by atoms with Crippen molar-refractivity contribution < 1.29 is 14.3 Å². The maximum atomic E-state index is 12.6. The third-order valence-corrected chi connectivity index (χ3v) is 4.14. The van der Waals surface area contributed by atoms with Gasteiger partial charge in [0.05, 0.1) is 17.5 Å². The fraction of sp³-hybridized carbons (Fsp3) is 0.562. The third kappa shape index (κ3) is 4.68. The monoisotopic (exact) mass is 365 g/mol. The largest absolute Gasteiger partial charge is 0.461 e. The summed E-state index contributed by atoms with van der Waals surface area (Å²) in [5, 5.41) is 15.0. The molecule has 1 N–H and O–H groups in total. The summed E-state index contributed by atoms with van der Waals surface area (Å²) < 4.78 is 6.80. The highest BCUT2D eigenvalue weighted by atomic mass is 32.2. The van der Waals surface area contributed by atoms with Crippen LogP contribution in [0.3, 0.4) is 0 Å². The van der Waals surface area contributed by atoms with Gasteiger partial charge in [-0.2, -0.15) is 16.9 Å². The van der Waals surface area contributed by atoms with E-state index in [1.165, 1.54) is 0 Å². The number of carbonyl (C=O) groups excluding carboxylic acids is 2. The van der Waals surface area contributed by atoms with Crippen LogP contribution in [0.25, 0.3) is 5.65 Å². The Kier molecular flexibility index (Phi) is 6.35. The standard InChI is InChI=1S/C16H23N5O3S/c1-9(2)24-16(23)12(6-7-25-5)17-15(22)14-11(4)21-13(18-19-14)8-10(3)20-21/h8-9,12H,6-7H2,1-5H3,(H,17,22). The summed E-state index contributed by atoms with van der Waals surface area (Å²) in [6.07, 6.45) is 2.18. The Morgan fingerprint density at radius 2 is 2.04 bits per heavy atom. The molecule has 25 heavy (non-hydrogen) atoms. The number of ether oxygens (including phenoxy) is 1. The van der Waals surface area contributed by atoms with Crippen LogP contribution in [-0.2, 0) is 9.53 Å². The van der Waals surface area contributed by atoms with Crippen molar-refractivity contribution in [2.45, 2.75) is 46.3 Å². The highest BCUT2D eigenvalue weighted by Crippen LogP contribution is 2.10. The summed E-state index contributed by atoms with van der Waals surface area (Å²) >= 11 is 1.60. The smallest absolute Gasteiger partial charge is 0.328 e. The summed E-state index contributed by atoms with van der Waals surface area (Å²) in [7, 11) is 0. The van der Waals surface area contributed by atoms with E-state index in [2.05, 4.69) is 20.6 Å². The molecule has 136 valence electrons. The molecule has 0 aliphatic carbocycles. The van der Waals surface area contributed by atoms with Gasteiger partial charge in [-0.05, 0) is 46.1 Å². The first-order valence-electron chi connectivity index (χ1n) is 8.03. The van der Waals surface area contributed by atoms with Gasteiger partial charge >= 0.3 is 5.97 Å². The van der Waals surface area contributed by atoms with E-state index in [0.717, 1.165) is 11.4 Å². The van der Waals surface area contributed by atoms with Gasteiger partial charge in [-0.1, -0.05) is 0 Å². The molecule has 2 aromatic heterocycles. The number of amides is 1. The number of nitrogens with one attached hydrogen (secondary N) is 1. The average Bonchev–Trinajstić information content (AvgIpc) is 2.92. The van der Waals surface area contributed by atoms with Gasteiger partial charge in [0, 0.05) is 6.07 Å². The average molecular weight is 365 g/mol. The lowest BCUT2D eigenvalue weighted by molar-refractivity contribution is -0.149. The molecule has 0 aliphatic rings. The second kappa shape index (κ2) is 8.28. The Bertz CT molecular complexity index is 774. The van der Waals surface area contributed by atoms with Crippen molar-refractivity contribution in [2.24, 2.45) is 0 Å². The van der Waals surface area contributed by atoms with E-state index in [4.69, 9.17) is 4.74 Å². The van der Waals surface area contributed by atoms with Crippen LogP contribution in [-0.4, -0.2) is 55.8 Å². The lowest BCUT2D eigenvalue weighted by Crippen LogP contribution is -2.43. The van der Waals surface area contributed by atoms with Gasteiger partial charge < -0.3 is 10.1 Å². The van der Waals surface area contributed by atoms with E-state index in [9.17, 15) is 9.59 Å². The van der Waals surface area contributed by atoms with Crippen molar-refractivity contribution in [1.29, 1.82) is 0 Å². The van der Waals surface area contributed by atoms with Crippen LogP contribution < -0.4 is 5.32 Å². The lowest BCUT2D eigenvalue weighted by atomic mass is 10.2. The quantitative estimate of drug-likeness (QED) is 0.743. The summed E-state index contributed by atoms with van der Waals surface area (Å²) in [5.74, 6) is -0.189. The topological polar surface area (TPSA) is 98.5 Å². The molecule has 1 unspecified atom stereocenters. The molecule has 0 radical (unpaired) electrons. The third-order valence-electron chi connectivity index (χ3n) is 3.49. The minimum Gasteiger partial charge on any atom is -0.461 e. The molecule has 1 atom stereocenters. The van der Waals surface area contributed by atoms with Gasteiger partial charge in [0.25, 0.3) is 5.91 Å². The second-order valence-corrected chi connectivity index (χ2v) is 6.97. The van der Waals surface area contributed by atoms with Crippen LogP contribution in [0.15, 0.2) is 6.07 Å². The van der Waals surface area contributed by atoms with Crippen molar-refractivity contribution in [3.05, 3.63) is 23.1 Å². The molecule has 0 spiro atoms. The van der Waals surface area contributed by atoms with Crippen LogP contribution in [0.4, 0.5) is 0 Å². The normalized spacial score (nSPS) is 12.4. The molecule has 0 aliphatic heterocycles. The van der Waals surface area contributed by atoms with E-state index >= 15 is 0 Å². The molecule has 0 saturated heterocycles.